The normalized spacial score (nSPS) is 14.7. The Kier molecular flexibility index (Phi) is 6.95. The first-order valence-electron chi connectivity index (χ1n) is 7.21. The van der Waals surface area contributed by atoms with E-state index in [0.717, 1.165) is 12.1 Å². The third kappa shape index (κ3) is 7.53. The number of hydrogen-bond acceptors (Lipinski definition) is 3. The SMILES string of the molecule is [O-][S+](CC(F)(F)F)c1cccc(Oc2cccc([S+]([O-])CC(F)(F)F)c2)c1. The van der Waals surface area contributed by atoms with Crippen molar-refractivity contribution in [3.63, 3.8) is 0 Å². The molecule has 0 spiro atoms. The second-order valence-electron chi connectivity index (χ2n) is 5.26. The number of alkyl halides is 6. The molecule has 0 saturated heterocycles. The lowest BCUT2D eigenvalue weighted by Crippen LogP contribution is -2.23. The van der Waals surface area contributed by atoms with Crippen LogP contribution in [-0.2, 0) is 22.4 Å². The van der Waals surface area contributed by atoms with Gasteiger partial charge < -0.3 is 13.8 Å². The standard InChI is InChI=1S/C16H12F6O3S2/c17-15(18,19)9-26(23)13-5-1-3-11(7-13)25-12-4-2-6-14(8-12)27(24)10-16(20,21)22/h1-8H,9-10H2. The van der Waals surface area contributed by atoms with Crippen LogP contribution in [0.4, 0.5) is 26.3 Å². The number of halogens is 6. The second kappa shape index (κ2) is 8.63. The largest absolute Gasteiger partial charge is 0.611 e. The molecule has 2 rings (SSSR count). The third-order valence-corrected chi connectivity index (χ3v) is 5.70. The van der Waals surface area contributed by atoms with Gasteiger partial charge in [0.25, 0.3) is 0 Å². The van der Waals surface area contributed by atoms with Gasteiger partial charge in [0.1, 0.15) is 11.5 Å². The Bertz CT molecular complexity index is 703. The van der Waals surface area contributed by atoms with Crippen LogP contribution in [0, 0.1) is 0 Å². The monoisotopic (exact) mass is 430 g/mol. The van der Waals surface area contributed by atoms with Gasteiger partial charge in [-0.15, -0.1) is 0 Å². The fraction of sp³-hybridized carbons (Fsp3) is 0.250. The molecule has 0 N–H and O–H groups in total. The molecular formula is C16H12F6O3S2. The molecule has 0 heterocycles. The van der Waals surface area contributed by atoms with Crippen LogP contribution < -0.4 is 4.74 Å². The van der Waals surface area contributed by atoms with Gasteiger partial charge in [0.05, 0.1) is 0 Å². The Morgan fingerprint density at radius 1 is 0.704 bits per heavy atom. The molecule has 2 unspecified atom stereocenters. The van der Waals surface area contributed by atoms with Crippen molar-refractivity contribution in [1.82, 2.24) is 0 Å². The molecule has 0 aliphatic carbocycles. The predicted octanol–water partition coefficient (Wildman–Crippen LogP) is 4.82. The van der Waals surface area contributed by atoms with Crippen molar-refractivity contribution >= 4 is 22.4 Å². The summed E-state index contributed by atoms with van der Waals surface area (Å²) in [6.45, 7) is 0. The minimum Gasteiger partial charge on any atom is -0.611 e. The first-order chi connectivity index (χ1) is 12.4. The maximum Gasteiger partial charge on any atom is 0.433 e. The zero-order valence-electron chi connectivity index (χ0n) is 13.3. The zero-order chi connectivity index (χ0) is 20.2. The Morgan fingerprint density at radius 3 is 1.41 bits per heavy atom. The van der Waals surface area contributed by atoms with Gasteiger partial charge in [-0.2, -0.15) is 26.3 Å². The second-order valence-corrected chi connectivity index (χ2v) is 8.16. The first-order valence-corrected chi connectivity index (χ1v) is 9.85. The Labute approximate surface area is 156 Å². The van der Waals surface area contributed by atoms with Crippen LogP contribution in [-0.4, -0.2) is 33.0 Å². The number of ether oxygens (including phenoxy) is 1. The van der Waals surface area contributed by atoms with Gasteiger partial charge in [-0.25, -0.2) is 0 Å². The topological polar surface area (TPSA) is 55.3 Å². The highest BCUT2D eigenvalue weighted by molar-refractivity contribution is 7.91. The van der Waals surface area contributed by atoms with E-state index in [1.165, 1.54) is 36.4 Å². The Balaban J connectivity index is 2.13. The van der Waals surface area contributed by atoms with Crippen molar-refractivity contribution < 1.29 is 40.2 Å². The van der Waals surface area contributed by atoms with Crippen molar-refractivity contribution in [2.24, 2.45) is 0 Å². The molecule has 2 atom stereocenters. The molecule has 0 aliphatic heterocycles. The molecule has 0 fully saturated rings. The molecule has 148 valence electrons. The smallest absolute Gasteiger partial charge is 0.433 e. The molecule has 2 aromatic rings. The minimum absolute atomic E-state index is 0.0433. The van der Waals surface area contributed by atoms with Crippen LogP contribution in [0.2, 0.25) is 0 Å². The lowest BCUT2D eigenvalue weighted by Gasteiger charge is -2.14. The van der Waals surface area contributed by atoms with Gasteiger partial charge >= 0.3 is 12.4 Å². The maximum atomic E-state index is 12.3. The summed E-state index contributed by atoms with van der Waals surface area (Å²) in [4.78, 5) is -0.219. The molecule has 2 aromatic carbocycles. The number of benzene rings is 2. The van der Waals surface area contributed by atoms with Crippen molar-refractivity contribution in [1.29, 1.82) is 0 Å². The van der Waals surface area contributed by atoms with Crippen molar-refractivity contribution in [3.05, 3.63) is 48.5 Å². The number of hydrogen-bond donors (Lipinski definition) is 0. The summed E-state index contributed by atoms with van der Waals surface area (Å²) in [6, 6.07) is 10.2. The van der Waals surface area contributed by atoms with Crippen LogP contribution in [0.1, 0.15) is 0 Å². The van der Waals surface area contributed by atoms with Gasteiger partial charge in [-0.1, -0.05) is 12.1 Å². The van der Waals surface area contributed by atoms with Crippen LogP contribution >= 0.6 is 0 Å². The molecule has 0 aliphatic rings. The van der Waals surface area contributed by atoms with E-state index in [0.29, 0.717) is 0 Å². The Morgan fingerprint density at radius 2 is 1.07 bits per heavy atom. The predicted molar refractivity (Wildman–Crippen MR) is 87.6 cm³/mol. The summed E-state index contributed by atoms with van der Waals surface area (Å²) < 4.78 is 103. The van der Waals surface area contributed by atoms with Gasteiger partial charge in [-0.3, -0.25) is 0 Å². The van der Waals surface area contributed by atoms with E-state index < -0.39 is 46.2 Å². The van der Waals surface area contributed by atoms with Crippen LogP contribution in [0.3, 0.4) is 0 Å². The van der Waals surface area contributed by atoms with E-state index in [2.05, 4.69) is 0 Å². The first kappa shape index (κ1) is 21.7. The van der Waals surface area contributed by atoms with Gasteiger partial charge in [0, 0.05) is 12.1 Å². The van der Waals surface area contributed by atoms with Crippen LogP contribution in [0.5, 0.6) is 11.5 Å². The number of rotatable bonds is 6. The molecule has 0 radical (unpaired) electrons. The lowest BCUT2D eigenvalue weighted by atomic mass is 10.3. The van der Waals surface area contributed by atoms with Gasteiger partial charge in [0.2, 0.25) is 11.5 Å². The summed E-state index contributed by atoms with van der Waals surface area (Å²) in [5.74, 6) is -2.94. The van der Waals surface area contributed by atoms with Crippen molar-refractivity contribution in [3.8, 4) is 11.5 Å². The molecule has 3 nitrogen and oxygen atoms in total. The van der Waals surface area contributed by atoms with Gasteiger partial charge in [-0.05, 0) is 46.6 Å². The molecular weight excluding hydrogens is 418 g/mol. The van der Waals surface area contributed by atoms with Gasteiger partial charge in [0.15, 0.2) is 9.79 Å². The van der Waals surface area contributed by atoms with E-state index in [-0.39, 0.29) is 21.3 Å². The van der Waals surface area contributed by atoms with E-state index in [1.54, 1.807) is 0 Å². The summed E-state index contributed by atoms with van der Waals surface area (Å²) in [6.07, 6.45) is -9.20. The summed E-state index contributed by atoms with van der Waals surface area (Å²) >= 11 is -4.65. The minimum atomic E-state index is -4.60. The van der Waals surface area contributed by atoms with E-state index in [4.69, 9.17) is 4.74 Å². The average Bonchev–Trinajstić information content (AvgIpc) is 2.52. The molecule has 0 aromatic heterocycles. The fourth-order valence-electron chi connectivity index (χ4n) is 1.96. The fourth-order valence-corrected chi connectivity index (χ4v) is 3.84. The van der Waals surface area contributed by atoms with E-state index in [1.807, 2.05) is 0 Å². The molecule has 27 heavy (non-hydrogen) atoms. The summed E-state index contributed by atoms with van der Waals surface area (Å²) in [5.41, 5.74) is 0. The molecule has 0 bridgehead atoms. The highest BCUT2D eigenvalue weighted by Crippen LogP contribution is 2.29. The third-order valence-electron chi connectivity index (χ3n) is 2.96. The molecule has 0 saturated carbocycles. The maximum absolute atomic E-state index is 12.3. The molecule has 0 amide bonds. The van der Waals surface area contributed by atoms with Crippen LogP contribution in [0.15, 0.2) is 58.3 Å². The Hall–Kier alpha value is -1.56. The van der Waals surface area contributed by atoms with Crippen molar-refractivity contribution in [2.75, 3.05) is 11.5 Å². The highest BCUT2D eigenvalue weighted by atomic mass is 32.2. The summed E-state index contributed by atoms with van der Waals surface area (Å²) in [7, 11) is 0. The quantitative estimate of drug-likeness (QED) is 0.488. The van der Waals surface area contributed by atoms with E-state index >= 15 is 0 Å². The molecule has 11 heteroatoms. The summed E-state index contributed by atoms with van der Waals surface area (Å²) in [5, 5.41) is 0. The zero-order valence-corrected chi connectivity index (χ0v) is 15.0. The van der Waals surface area contributed by atoms with Crippen LogP contribution in [0.25, 0.3) is 0 Å². The lowest BCUT2D eigenvalue weighted by molar-refractivity contribution is -0.107. The average molecular weight is 430 g/mol. The highest BCUT2D eigenvalue weighted by Gasteiger charge is 2.36. The van der Waals surface area contributed by atoms with E-state index in [9.17, 15) is 35.4 Å². The van der Waals surface area contributed by atoms with Crippen molar-refractivity contribution in [2.45, 2.75) is 22.1 Å².